The summed E-state index contributed by atoms with van der Waals surface area (Å²) in [6.07, 6.45) is 1.02. The molecule has 5 nitrogen and oxygen atoms in total. The highest BCUT2D eigenvalue weighted by molar-refractivity contribution is 6.07. The third-order valence-electron chi connectivity index (χ3n) is 4.86. The molecule has 3 aromatic rings. The van der Waals surface area contributed by atoms with Gasteiger partial charge in [0.15, 0.2) is 0 Å². The Balaban J connectivity index is 1.42. The number of anilines is 2. The molecule has 28 heavy (non-hydrogen) atoms. The lowest BCUT2D eigenvalue weighted by atomic mass is 10.1. The number of hydrogen-bond donors (Lipinski definition) is 3. The van der Waals surface area contributed by atoms with Crippen molar-refractivity contribution in [2.45, 2.75) is 18.4 Å². The molecule has 1 saturated carbocycles. The van der Waals surface area contributed by atoms with E-state index < -0.39 is 0 Å². The molecule has 0 aromatic heterocycles. The van der Waals surface area contributed by atoms with Crippen molar-refractivity contribution in [3.8, 4) is 0 Å². The second kappa shape index (κ2) is 7.66. The predicted molar refractivity (Wildman–Crippen MR) is 111 cm³/mol. The number of rotatable bonds is 5. The molecule has 2 atom stereocenters. The number of hydrogen-bond acceptors (Lipinski definition) is 3. The third kappa shape index (κ3) is 4.10. The normalized spacial score (nSPS) is 17.6. The van der Waals surface area contributed by atoms with Crippen molar-refractivity contribution in [2.75, 3.05) is 10.6 Å². The van der Waals surface area contributed by atoms with Gasteiger partial charge in [0.2, 0.25) is 0 Å². The second-order valence-corrected chi connectivity index (χ2v) is 6.98. The number of carbonyl (C=O) groups is 2. The fourth-order valence-corrected chi connectivity index (χ4v) is 3.15. The fourth-order valence-electron chi connectivity index (χ4n) is 3.15. The zero-order valence-electron chi connectivity index (χ0n) is 15.3. The minimum absolute atomic E-state index is 0.216. The molecule has 1 fully saturated rings. The van der Waals surface area contributed by atoms with Crippen LogP contribution in [0.3, 0.4) is 0 Å². The van der Waals surface area contributed by atoms with Crippen molar-refractivity contribution in [3.05, 3.63) is 95.6 Å². The number of nitrogens with one attached hydrogen (secondary N) is 2. The van der Waals surface area contributed by atoms with E-state index in [-0.39, 0.29) is 17.9 Å². The van der Waals surface area contributed by atoms with Crippen LogP contribution >= 0.6 is 0 Å². The van der Waals surface area contributed by atoms with Crippen LogP contribution in [0.25, 0.3) is 0 Å². The predicted octanol–water partition coefficient (Wildman–Crippen LogP) is 4.01. The highest BCUT2D eigenvalue weighted by Crippen LogP contribution is 2.39. The van der Waals surface area contributed by atoms with Crippen molar-refractivity contribution < 1.29 is 9.59 Å². The Bertz CT molecular complexity index is 1000. The lowest BCUT2D eigenvalue weighted by Crippen LogP contribution is -2.14. The summed E-state index contributed by atoms with van der Waals surface area (Å²) < 4.78 is 0. The van der Waals surface area contributed by atoms with Crippen LogP contribution in [0.2, 0.25) is 0 Å². The lowest BCUT2D eigenvalue weighted by molar-refractivity contribution is 0.101. The summed E-state index contributed by atoms with van der Waals surface area (Å²) in [4.78, 5) is 24.8. The van der Waals surface area contributed by atoms with Gasteiger partial charge in [0.25, 0.3) is 11.8 Å². The summed E-state index contributed by atoms with van der Waals surface area (Å²) in [5.41, 5.74) is 9.41. The van der Waals surface area contributed by atoms with Gasteiger partial charge in [-0.25, -0.2) is 0 Å². The van der Waals surface area contributed by atoms with E-state index in [0.29, 0.717) is 22.7 Å². The monoisotopic (exact) mass is 371 g/mol. The van der Waals surface area contributed by atoms with Crippen LogP contribution in [0.5, 0.6) is 0 Å². The van der Waals surface area contributed by atoms with Gasteiger partial charge >= 0.3 is 0 Å². The Hall–Kier alpha value is -3.44. The number of carbonyl (C=O) groups excluding carboxylic acids is 2. The van der Waals surface area contributed by atoms with Gasteiger partial charge in [-0.2, -0.15) is 0 Å². The summed E-state index contributed by atoms with van der Waals surface area (Å²) >= 11 is 0. The van der Waals surface area contributed by atoms with Crippen LogP contribution in [0.4, 0.5) is 11.4 Å². The minimum Gasteiger partial charge on any atom is -0.327 e. The molecule has 4 rings (SSSR count). The van der Waals surface area contributed by atoms with E-state index in [9.17, 15) is 9.59 Å². The van der Waals surface area contributed by atoms with Crippen molar-refractivity contribution in [1.29, 1.82) is 0 Å². The summed E-state index contributed by atoms with van der Waals surface area (Å²) in [5.74, 6) is -0.00614. The maximum Gasteiger partial charge on any atom is 0.255 e. The standard InChI is InChI=1S/C23H21N3O2/c24-21-14-20(21)15-9-11-18(12-10-15)25-23(28)17-7-4-8-19(13-17)26-22(27)16-5-2-1-3-6-16/h1-13,20-21H,14,24H2,(H,25,28)(H,26,27)/t20-,21+/m0/s1. The highest BCUT2D eigenvalue weighted by Gasteiger charge is 2.34. The average Bonchev–Trinajstić information content (AvgIpc) is 3.46. The maximum atomic E-state index is 12.6. The first kappa shape index (κ1) is 17.9. The molecule has 0 spiro atoms. The van der Waals surface area contributed by atoms with E-state index in [1.807, 2.05) is 30.3 Å². The molecule has 1 aliphatic carbocycles. The van der Waals surface area contributed by atoms with Gasteiger partial charge in [-0.05, 0) is 54.4 Å². The van der Waals surface area contributed by atoms with Gasteiger partial charge in [-0.3, -0.25) is 9.59 Å². The highest BCUT2D eigenvalue weighted by atomic mass is 16.2. The van der Waals surface area contributed by atoms with Crippen LogP contribution < -0.4 is 16.4 Å². The van der Waals surface area contributed by atoms with Crippen molar-refractivity contribution in [2.24, 2.45) is 5.73 Å². The number of nitrogens with two attached hydrogens (primary N) is 1. The average molecular weight is 371 g/mol. The Morgan fingerprint density at radius 2 is 1.36 bits per heavy atom. The van der Waals surface area contributed by atoms with E-state index in [1.165, 1.54) is 5.56 Å². The Kier molecular flexibility index (Phi) is 4.91. The summed E-state index contributed by atoms with van der Waals surface area (Å²) in [6, 6.07) is 23.9. The number of amides is 2. The zero-order chi connectivity index (χ0) is 19.5. The zero-order valence-corrected chi connectivity index (χ0v) is 15.3. The van der Waals surface area contributed by atoms with Gasteiger partial charge in [-0.15, -0.1) is 0 Å². The molecule has 0 heterocycles. The molecule has 0 bridgehead atoms. The van der Waals surface area contributed by atoms with E-state index in [0.717, 1.165) is 12.1 Å². The van der Waals surface area contributed by atoms with E-state index >= 15 is 0 Å². The Morgan fingerprint density at radius 1 is 0.750 bits per heavy atom. The summed E-state index contributed by atoms with van der Waals surface area (Å²) in [6.45, 7) is 0. The molecule has 0 aliphatic heterocycles. The van der Waals surface area contributed by atoms with Crippen LogP contribution in [0.15, 0.2) is 78.9 Å². The van der Waals surface area contributed by atoms with Gasteiger partial charge in [0.05, 0.1) is 0 Å². The van der Waals surface area contributed by atoms with Crippen LogP contribution in [0.1, 0.15) is 38.6 Å². The first-order chi connectivity index (χ1) is 13.6. The quantitative estimate of drug-likeness (QED) is 0.634. The second-order valence-electron chi connectivity index (χ2n) is 6.98. The molecule has 0 radical (unpaired) electrons. The van der Waals surface area contributed by atoms with Crippen molar-refractivity contribution in [1.82, 2.24) is 0 Å². The molecular weight excluding hydrogens is 350 g/mol. The molecule has 2 amide bonds. The van der Waals surface area contributed by atoms with Crippen LogP contribution in [-0.2, 0) is 0 Å². The van der Waals surface area contributed by atoms with Gasteiger partial charge in [0.1, 0.15) is 0 Å². The van der Waals surface area contributed by atoms with Gasteiger partial charge in [-0.1, -0.05) is 36.4 Å². The Labute approximate surface area is 163 Å². The topological polar surface area (TPSA) is 84.2 Å². The SMILES string of the molecule is N[C@@H]1C[C@H]1c1ccc(NC(=O)c2cccc(NC(=O)c3ccccc3)c2)cc1. The first-order valence-corrected chi connectivity index (χ1v) is 9.23. The van der Waals surface area contributed by atoms with E-state index in [4.69, 9.17) is 5.73 Å². The molecule has 140 valence electrons. The lowest BCUT2D eigenvalue weighted by Gasteiger charge is -2.09. The molecule has 4 N–H and O–H groups in total. The minimum atomic E-state index is -0.230. The molecular formula is C23H21N3O2. The van der Waals surface area contributed by atoms with E-state index in [1.54, 1.807) is 48.5 Å². The largest absolute Gasteiger partial charge is 0.327 e. The summed E-state index contributed by atoms with van der Waals surface area (Å²) in [5, 5.41) is 5.70. The maximum absolute atomic E-state index is 12.6. The van der Waals surface area contributed by atoms with Crippen LogP contribution in [-0.4, -0.2) is 17.9 Å². The van der Waals surface area contributed by atoms with Crippen LogP contribution in [0, 0.1) is 0 Å². The third-order valence-corrected chi connectivity index (χ3v) is 4.86. The summed E-state index contributed by atoms with van der Waals surface area (Å²) in [7, 11) is 0. The van der Waals surface area contributed by atoms with Gasteiger partial charge in [0, 0.05) is 34.5 Å². The fraction of sp³-hybridized carbons (Fsp3) is 0.130. The molecule has 0 saturated heterocycles. The van der Waals surface area contributed by atoms with E-state index in [2.05, 4.69) is 10.6 Å². The van der Waals surface area contributed by atoms with Crippen molar-refractivity contribution >= 4 is 23.2 Å². The number of benzene rings is 3. The first-order valence-electron chi connectivity index (χ1n) is 9.23. The molecule has 1 aliphatic rings. The molecule has 0 unspecified atom stereocenters. The molecule has 3 aromatic carbocycles. The van der Waals surface area contributed by atoms with Crippen molar-refractivity contribution in [3.63, 3.8) is 0 Å². The smallest absolute Gasteiger partial charge is 0.255 e. The van der Waals surface area contributed by atoms with Gasteiger partial charge < -0.3 is 16.4 Å². The molecule has 5 heteroatoms. The Morgan fingerprint density at radius 3 is 2.04 bits per heavy atom.